The Morgan fingerprint density at radius 1 is 1.16 bits per heavy atom. The number of rotatable bonds is 4. The normalized spacial score (nSPS) is 14.6. The minimum Gasteiger partial charge on any atom is -0.492 e. The highest BCUT2D eigenvalue weighted by Gasteiger charge is 2.31. The van der Waals surface area contributed by atoms with E-state index < -0.39 is 5.97 Å². The molecule has 0 fully saturated rings. The van der Waals surface area contributed by atoms with Crippen molar-refractivity contribution in [3.8, 4) is 0 Å². The van der Waals surface area contributed by atoms with Gasteiger partial charge in [-0.05, 0) is 31.5 Å². The van der Waals surface area contributed by atoms with E-state index in [9.17, 15) is 9.59 Å². The van der Waals surface area contributed by atoms with E-state index in [1.807, 2.05) is 50.2 Å². The lowest BCUT2D eigenvalue weighted by Gasteiger charge is -2.12. The van der Waals surface area contributed by atoms with Gasteiger partial charge in [-0.15, -0.1) is 0 Å². The van der Waals surface area contributed by atoms with Crippen LogP contribution in [0.2, 0.25) is 0 Å². The summed E-state index contributed by atoms with van der Waals surface area (Å²) < 4.78 is 10.6. The van der Waals surface area contributed by atoms with Gasteiger partial charge in [0.15, 0.2) is 0 Å². The van der Waals surface area contributed by atoms with Crippen LogP contribution in [-0.4, -0.2) is 25.6 Å². The highest BCUT2D eigenvalue weighted by Crippen LogP contribution is 2.39. The summed E-state index contributed by atoms with van der Waals surface area (Å²) in [4.78, 5) is 24.5. The van der Waals surface area contributed by atoms with Crippen molar-refractivity contribution in [2.24, 2.45) is 0 Å². The van der Waals surface area contributed by atoms with Crippen LogP contribution in [0, 0.1) is 6.92 Å². The van der Waals surface area contributed by atoms with E-state index in [0.717, 1.165) is 16.7 Å². The SMILES string of the molecule is CCO/C(=C1/C(=O)Nc2cc(C(=O)OC)c(C)cc21)c1ccccc1. The van der Waals surface area contributed by atoms with E-state index in [0.29, 0.717) is 29.2 Å². The van der Waals surface area contributed by atoms with Gasteiger partial charge in [0.05, 0.1) is 30.5 Å². The highest BCUT2D eigenvalue weighted by atomic mass is 16.5. The molecule has 1 heterocycles. The molecule has 5 heteroatoms. The predicted octanol–water partition coefficient (Wildman–Crippen LogP) is 3.64. The van der Waals surface area contributed by atoms with Crippen molar-refractivity contribution < 1.29 is 19.1 Å². The first-order valence-corrected chi connectivity index (χ1v) is 8.04. The molecule has 0 atom stereocenters. The van der Waals surface area contributed by atoms with Crippen molar-refractivity contribution in [3.05, 3.63) is 64.7 Å². The number of aryl methyl sites for hydroxylation is 1. The molecule has 0 saturated carbocycles. The third kappa shape index (κ3) is 3.01. The zero-order valence-electron chi connectivity index (χ0n) is 14.4. The minimum atomic E-state index is -0.430. The number of amides is 1. The molecule has 1 amide bonds. The molecule has 3 rings (SSSR count). The van der Waals surface area contributed by atoms with Gasteiger partial charge in [-0.25, -0.2) is 4.79 Å². The molecule has 1 aliphatic heterocycles. The number of anilines is 1. The highest BCUT2D eigenvalue weighted by molar-refractivity contribution is 6.36. The Hall–Kier alpha value is -3.08. The first kappa shape index (κ1) is 16.8. The number of nitrogens with one attached hydrogen (secondary N) is 1. The molecule has 25 heavy (non-hydrogen) atoms. The molecule has 128 valence electrons. The second kappa shape index (κ2) is 6.81. The fraction of sp³-hybridized carbons (Fsp3) is 0.200. The third-order valence-electron chi connectivity index (χ3n) is 4.07. The summed E-state index contributed by atoms with van der Waals surface area (Å²) in [7, 11) is 1.33. The first-order valence-electron chi connectivity index (χ1n) is 8.04. The molecule has 0 bridgehead atoms. The molecular weight excluding hydrogens is 318 g/mol. The topological polar surface area (TPSA) is 64.6 Å². The molecule has 0 unspecified atom stereocenters. The summed E-state index contributed by atoms with van der Waals surface area (Å²) in [6.07, 6.45) is 0. The number of methoxy groups -OCH3 is 1. The zero-order chi connectivity index (χ0) is 18.0. The van der Waals surface area contributed by atoms with Gasteiger partial charge in [-0.1, -0.05) is 30.3 Å². The maximum Gasteiger partial charge on any atom is 0.338 e. The van der Waals surface area contributed by atoms with Crippen LogP contribution in [0.4, 0.5) is 5.69 Å². The smallest absolute Gasteiger partial charge is 0.338 e. The second-order valence-electron chi connectivity index (χ2n) is 5.66. The number of carbonyl (C=O) groups excluding carboxylic acids is 2. The average Bonchev–Trinajstić information content (AvgIpc) is 2.94. The Labute approximate surface area is 146 Å². The van der Waals surface area contributed by atoms with Crippen molar-refractivity contribution in [1.82, 2.24) is 0 Å². The molecule has 0 aliphatic carbocycles. The van der Waals surface area contributed by atoms with Crippen LogP contribution in [0.5, 0.6) is 0 Å². The number of ether oxygens (including phenoxy) is 2. The number of hydrogen-bond donors (Lipinski definition) is 1. The lowest BCUT2D eigenvalue weighted by molar-refractivity contribution is -0.110. The van der Waals surface area contributed by atoms with Gasteiger partial charge >= 0.3 is 5.97 Å². The van der Waals surface area contributed by atoms with Crippen LogP contribution in [0.1, 0.15) is 34.0 Å². The zero-order valence-corrected chi connectivity index (χ0v) is 14.4. The maximum absolute atomic E-state index is 12.6. The molecule has 5 nitrogen and oxygen atoms in total. The summed E-state index contributed by atoms with van der Waals surface area (Å²) >= 11 is 0. The van der Waals surface area contributed by atoms with Gasteiger partial charge in [0, 0.05) is 11.1 Å². The van der Waals surface area contributed by atoms with Crippen molar-refractivity contribution >= 4 is 28.9 Å². The fourth-order valence-electron chi connectivity index (χ4n) is 2.91. The molecule has 0 saturated heterocycles. The molecule has 1 aliphatic rings. The number of carbonyl (C=O) groups is 2. The van der Waals surface area contributed by atoms with Crippen molar-refractivity contribution in [1.29, 1.82) is 0 Å². The number of benzene rings is 2. The number of esters is 1. The molecular formula is C20H19NO4. The Morgan fingerprint density at radius 3 is 2.52 bits per heavy atom. The number of fused-ring (bicyclic) bond motifs is 1. The Bertz CT molecular complexity index is 869. The van der Waals surface area contributed by atoms with E-state index in [1.165, 1.54) is 7.11 Å². The van der Waals surface area contributed by atoms with Crippen LogP contribution < -0.4 is 5.32 Å². The van der Waals surface area contributed by atoms with E-state index in [2.05, 4.69) is 5.32 Å². The van der Waals surface area contributed by atoms with E-state index in [-0.39, 0.29) is 5.91 Å². The van der Waals surface area contributed by atoms with Crippen LogP contribution >= 0.6 is 0 Å². The lowest BCUT2D eigenvalue weighted by Crippen LogP contribution is -2.07. The first-order chi connectivity index (χ1) is 12.1. The summed E-state index contributed by atoms with van der Waals surface area (Å²) in [5.74, 6) is -0.145. The summed E-state index contributed by atoms with van der Waals surface area (Å²) in [6.45, 7) is 4.13. The van der Waals surface area contributed by atoms with Crippen LogP contribution in [0.25, 0.3) is 11.3 Å². The fourth-order valence-corrected chi connectivity index (χ4v) is 2.91. The number of hydrogen-bond acceptors (Lipinski definition) is 4. The van der Waals surface area contributed by atoms with E-state index in [4.69, 9.17) is 9.47 Å². The van der Waals surface area contributed by atoms with Gasteiger partial charge in [0.2, 0.25) is 0 Å². The molecule has 0 spiro atoms. The second-order valence-corrected chi connectivity index (χ2v) is 5.66. The molecule has 2 aromatic carbocycles. The van der Waals surface area contributed by atoms with Crippen molar-refractivity contribution in [2.45, 2.75) is 13.8 Å². The lowest BCUT2D eigenvalue weighted by atomic mass is 9.97. The minimum absolute atomic E-state index is 0.247. The van der Waals surface area contributed by atoms with Crippen LogP contribution in [-0.2, 0) is 14.3 Å². The van der Waals surface area contributed by atoms with Gasteiger partial charge in [0.25, 0.3) is 5.91 Å². The van der Waals surface area contributed by atoms with Gasteiger partial charge in [-0.3, -0.25) is 4.79 Å². The molecule has 0 radical (unpaired) electrons. The summed E-state index contributed by atoms with van der Waals surface area (Å²) in [6, 6.07) is 13.0. The molecule has 0 aromatic heterocycles. The van der Waals surface area contributed by atoms with E-state index in [1.54, 1.807) is 6.07 Å². The standard InChI is InChI=1S/C20H19NO4/c1-4-25-18(13-8-6-5-7-9-13)17-15-10-12(2)14(20(23)24-3)11-16(15)21-19(17)22/h5-11H,4H2,1-3H3,(H,21,22)/b18-17+. The Kier molecular flexibility index (Phi) is 4.57. The molecule has 2 aromatic rings. The van der Waals surface area contributed by atoms with Crippen molar-refractivity contribution in [3.63, 3.8) is 0 Å². The van der Waals surface area contributed by atoms with E-state index >= 15 is 0 Å². The van der Waals surface area contributed by atoms with Crippen molar-refractivity contribution in [2.75, 3.05) is 19.0 Å². The Morgan fingerprint density at radius 2 is 1.88 bits per heavy atom. The van der Waals surface area contributed by atoms with Crippen LogP contribution in [0.15, 0.2) is 42.5 Å². The monoisotopic (exact) mass is 337 g/mol. The summed E-state index contributed by atoms with van der Waals surface area (Å²) in [5, 5.41) is 2.82. The predicted molar refractivity (Wildman–Crippen MR) is 96.0 cm³/mol. The van der Waals surface area contributed by atoms with Crippen LogP contribution in [0.3, 0.4) is 0 Å². The quantitative estimate of drug-likeness (QED) is 0.525. The maximum atomic E-state index is 12.6. The van der Waals surface area contributed by atoms with Gasteiger partial charge in [0.1, 0.15) is 5.76 Å². The summed E-state index contributed by atoms with van der Waals surface area (Å²) in [5.41, 5.74) is 3.78. The third-order valence-corrected chi connectivity index (χ3v) is 4.07. The van der Waals surface area contributed by atoms with Gasteiger partial charge < -0.3 is 14.8 Å². The molecule has 1 N–H and O–H groups in total. The average molecular weight is 337 g/mol. The van der Waals surface area contributed by atoms with Gasteiger partial charge in [-0.2, -0.15) is 0 Å². The largest absolute Gasteiger partial charge is 0.492 e. The Balaban J connectivity index is 2.21.